The van der Waals surface area contributed by atoms with Crippen LogP contribution in [0.4, 0.5) is 4.79 Å². The van der Waals surface area contributed by atoms with Gasteiger partial charge in [0, 0.05) is 25.7 Å². The van der Waals surface area contributed by atoms with Crippen molar-refractivity contribution in [3.63, 3.8) is 0 Å². The summed E-state index contributed by atoms with van der Waals surface area (Å²) in [6.07, 6.45) is 5.28. The molecule has 2 aromatic rings. The number of urea groups is 1. The lowest BCUT2D eigenvalue weighted by Crippen LogP contribution is -2.34. The average Bonchev–Trinajstić information content (AvgIpc) is 3.42. The standard InChI is InChI=1S/C24H28N4O4/c1-32-19-9-6-17(7-10-19)14-18-8-11-20(25-15-18)21-4-2-12-27(21)22(29)5-3-13-28-23(30)16-26-24(28)31/h6-11,15,21H,2-5,12-14,16H2,1H3,(H,26,31)/t21-/m0/s1. The van der Waals surface area contributed by atoms with Gasteiger partial charge in [-0.1, -0.05) is 18.2 Å². The van der Waals surface area contributed by atoms with Crippen molar-refractivity contribution in [3.8, 4) is 5.75 Å². The van der Waals surface area contributed by atoms with Crippen molar-refractivity contribution in [3.05, 3.63) is 59.4 Å². The lowest BCUT2D eigenvalue weighted by Gasteiger charge is -2.25. The van der Waals surface area contributed by atoms with Gasteiger partial charge >= 0.3 is 6.03 Å². The van der Waals surface area contributed by atoms with E-state index in [2.05, 4.69) is 16.4 Å². The van der Waals surface area contributed by atoms with E-state index in [0.717, 1.165) is 36.3 Å². The Morgan fingerprint density at radius 2 is 1.94 bits per heavy atom. The molecule has 168 valence electrons. The van der Waals surface area contributed by atoms with Gasteiger partial charge in [-0.05, 0) is 55.0 Å². The summed E-state index contributed by atoms with van der Waals surface area (Å²) in [4.78, 5) is 43.8. The van der Waals surface area contributed by atoms with E-state index in [4.69, 9.17) is 4.74 Å². The van der Waals surface area contributed by atoms with E-state index in [1.165, 1.54) is 10.5 Å². The number of hydrogen-bond acceptors (Lipinski definition) is 5. The number of nitrogens with zero attached hydrogens (tertiary/aromatic N) is 3. The van der Waals surface area contributed by atoms with Crippen LogP contribution in [0.1, 0.15) is 48.5 Å². The molecule has 2 aliphatic heterocycles. The number of carbonyl (C=O) groups is 3. The summed E-state index contributed by atoms with van der Waals surface area (Å²) in [5, 5.41) is 2.49. The first-order chi connectivity index (χ1) is 15.5. The van der Waals surface area contributed by atoms with Crippen molar-refractivity contribution < 1.29 is 19.1 Å². The predicted octanol–water partition coefficient (Wildman–Crippen LogP) is 2.68. The van der Waals surface area contributed by atoms with Crippen LogP contribution in [-0.4, -0.2) is 59.4 Å². The maximum Gasteiger partial charge on any atom is 0.324 e. The fraction of sp³-hybridized carbons (Fsp3) is 0.417. The molecule has 8 nitrogen and oxygen atoms in total. The summed E-state index contributed by atoms with van der Waals surface area (Å²) in [5.41, 5.74) is 3.20. The topological polar surface area (TPSA) is 91.8 Å². The van der Waals surface area contributed by atoms with Crippen molar-refractivity contribution in [2.45, 2.75) is 38.1 Å². The first-order valence-electron chi connectivity index (χ1n) is 11.0. The van der Waals surface area contributed by atoms with Gasteiger partial charge in [0.1, 0.15) is 5.75 Å². The van der Waals surface area contributed by atoms with E-state index in [9.17, 15) is 14.4 Å². The molecular weight excluding hydrogens is 408 g/mol. The van der Waals surface area contributed by atoms with Crippen LogP contribution in [0.3, 0.4) is 0 Å². The molecule has 0 unspecified atom stereocenters. The minimum atomic E-state index is -0.375. The van der Waals surface area contributed by atoms with Gasteiger partial charge in [-0.3, -0.25) is 19.5 Å². The summed E-state index contributed by atoms with van der Waals surface area (Å²) in [5.74, 6) is 0.646. The number of methoxy groups -OCH3 is 1. The Bertz CT molecular complexity index is 958. The summed E-state index contributed by atoms with van der Waals surface area (Å²) in [6, 6.07) is 11.7. The van der Waals surface area contributed by atoms with Crippen molar-refractivity contribution in [2.24, 2.45) is 0 Å². The van der Waals surface area contributed by atoms with Gasteiger partial charge in [0.05, 0.1) is 25.4 Å². The number of pyridine rings is 1. The monoisotopic (exact) mass is 436 g/mol. The van der Waals surface area contributed by atoms with Crippen molar-refractivity contribution in [1.82, 2.24) is 20.1 Å². The van der Waals surface area contributed by atoms with Crippen molar-refractivity contribution in [1.29, 1.82) is 0 Å². The van der Waals surface area contributed by atoms with Gasteiger partial charge in [0.2, 0.25) is 11.8 Å². The number of benzene rings is 1. The Balaban J connectivity index is 1.32. The number of carbonyl (C=O) groups excluding carboxylic acids is 3. The number of amides is 4. The zero-order valence-electron chi connectivity index (χ0n) is 18.3. The molecule has 2 saturated heterocycles. The van der Waals surface area contributed by atoms with Crippen LogP contribution in [-0.2, 0) is 16.0 Å². The molecule has 4 rings (SSSR count). The molecule has 1 N–H and O–H groups in total. The van der Waals surface area contributed by atoms with Crippen LogP contribution in [0.5, 0.6) is 5.75 Å². The molecule has 0 bridgehead atoms. The van der Waals surface area contributed by atoms with E-state index < -0.39 is 0 Å². The predicted molar refractivity (Wildman–Crippen MR) is 118 cm³/mol. The summed E-state index contributed by atoms with van der Waals surface area (Å²) in [7, 11) is 1.65. The molecule has 1 aromatic heterocycles. The summed E-state index contributed by atoms with van der Waals surface area (Å²) >= 11 is 0. The largest absolute Gasteiger partial charge is 0.497 e. The zero-order chi connectivity index (χ0) is 22.5. The third-order valence-corrected chi connectivity index (χ3v) is 6.04. The molecule has 2 aliphatic rings. The lowest BCUT2D eigenvalue weighted by molar-refractivity contribution is -0.133. The minimum absolute atomic E-state index is 0.0192. The Kier molecular flexibility index (Phi) is 6.68. The van der Waals surface area contributed by atoms with Gasteiger partial charge < -0.3 is 15.0 Å². The number of ether oxygens (including phenoxy) is 1. The second-order valence-electron chi connectivity index (χ2n) is 8.17. The number of nitrogens with one attached hydrogen (secondary N) is 1. The molecule has 2 fully saturated rings. The molecule has 8 heteroatoms. The van der Waals surface area contributed by atoms with Crippen LogP contribution in [0.25, 0.3) is 0 Å². The van der Waals surface area contributed by atoms with E-state index >= 15 is 0 Å². The second-order valence-corrected chi connectivity index (χ2v) is 8.17. The smallest absolute Gasteiger partial charge is 0.324 e. The number of hydrogen-bond donors (Lipinski definition) is 1. The summed E-state index contributed by atoms with van der Waals surface area (Å²) < 4.78 is 5.20. The van der Waals surface area contributed by atoms with E-state index in [0.29, 0.717) is 19.4 Å². The first kappa shape index (κ1) is 21.8. The number of aromatic nitrogens is 1. The Morgan fingerprint density at radius 1 is 1.16 bits per heavy atom. The van der Waals surface area contributed by atoms with Gasteiger partial charge in [-0.25, -0.2) is 4.79 Å². The molecule has 3 heterocycles. The lowest BCUT2D eigenvalue weighted by atomic mass is 10.0. The van der Waals surface area contributed by atoms with Crippen LogP contribution in [0, 0.1) is 0 Å². The molecule has 0 aliphatic carbocycles. The Labute approximate surface area is 187 Å². The van der Waals surface area contributed by atoms with Crippen LogP contribution in [0.2, 0.25) is 0 Å². The van der Waals surface area contributed by atoms with E-state index in [1.54, 1.807) is 7.11 Å². The fourth-order valence-corrected chi connectivity index (χ4v) is 4.30. The third kappa shape index (κ3) is 4.90. The molecule has 1 atom stereocenters. The van der Waals surface area contributed by atoms with Crippen LogP contribution >= 0.6 is 0 Å². The normalized spacial score (nSPS) is 18.2. The van der Waals surface area contributed by atoms with Crippen LogP contribution in [0.15, 0.2) is 42.6 Å². The number of likely N-dealkylation sites (tertiary alicyclic amines) is 1. The van der Waals surface area contributed by atoms with E-state index in [-0.39, 0.29) is 37.0 Å². The molecule has 1 aromatic carbocycles. The van der Waals surface area contributed by atoms with Gasteiger partial charge in [0.25, 0.3) is 0 Å². The highest BCUT2D eigenvalue weighted by molar-refractivity contribution is 6.01. The molecular formula is C24H28N4O4. The highest BCUT2D eigenvalue weighted by Crippen LogP contribution is 2.31. The van der Waals surface area contributed by atoms with Gasteiger partial charge in [-0.15, -0.1) is 0 Å². The third-order valence-electron chi connectivity index (χ3n) is 6.04. The SMILES string of the molecule is COc1ccc(Cc2ccc([C@@H]3CCCN3C(=O)CCCN3C(=O)CNC3=O)nc2)cc1. The minimum Gasteiger partial charge on any atom is -0.497 e. The quantitative estimate of drug-likeness (QED) is 0.643. The highest BCUT2D eigenvalue weighted by Gasteiger charge is 2.32. The zero-order valence-corrected chi connectivity index (χ0v) is 18.3. The van der Waals surface area contributed by atoms with Gasteiger partial charge in [-0.2, -0.15) is 0 Å². The maximum atomic E-state index is 12.8. The Morgan fingerprint density at radius 3 is 2.59 bits per heavy atom. The number of imide groups is 1. The fourth-order valence-electron chi connectivity index (χ4n) is 4.30. The van der Waals surface area contributed by atoms with Crippen molar-refractivity contribution in [2.75, 3.05) is 26.7 Å². The van der Waals surface area contributed by atoms with Gasteiger partial charge in [0.15, 0.2) is 0 Å². The molecule has 32 heavy (non-hydrogen) atoms. The molecule has 0 radical (unpaired) electrons. The molecule has 4 amide bonds. The van der Waals surface area contributed by atoms with Crippen LogP contribution < -0.4 is 10.1 Å². The average molecular weight is 437 g/mol. The number of rotatable bonds is 8. The molecule has 0 saturated carbocycles. The highest BCUT2D eigenvalue weighted by atomic mass is 16.5. The Hall–Kier alpha value is -3.42. The van der Waals surface area contributed by atoms with Crippen molar-refractivity contribution >= 4 is 17.8 Å². The van der Waals surface area contributed by atoms with E-state index in [1.807, 2.05) is 41.4 Å². The second kappa shape index (κ2) is 9.80. The summed E-state index contributed by atoms with van der Waals surface area (Å²) in [6.45, 7) is 1.02. The first-order valence-corrected chi connectivity index (χ1v) is 11.0. The maximum absolute atomic E-state index is 12.8. The molecule has 0 spiro atoms.